The molecule has 1 unspecified atom stereocenters. The van der Waals surface area contributed by atoms with Gasteiger partial charge in [-0.2, -0.15) is 15.0 Å². The lowest BCUT2D eigenvalue weighted by Gasteiger charge is -2.17. The molecule has 0 bridgehead atoms. The van der Waals surface area contributed by atoms with Gasteiger partial charge in [-0.3, -0.25) is 4.79 Å². The van der Waals surface area contributed by atoms with Crippen molar-refractivity contribution in [1.29, 1.82) is 0 Å². The predicted molar refractivity (Wildman–Crippen MR) is 63.2 cm³/mol. The molecule has 0 aromatic carbocycles. The van der Waals surface area contributed by atoms with E-state index in [1.54, 1.807) is 21.0 Å². The van der Waals surface area contributed by atoms with Crippen LogP contribution in [0.1, 0.15) is 6.92 Å². The zero-order valence-corrected chi connectivity index (χ0v) is 10.8. The Morgan fingerprint density at radius 3 is 2.59 bits per heavy atom. The van der Waals surface area contributed by atoms with E-state index in [9.17, 15) is 4.79 Å². The van der Waals surface area contributed by atoms with Crippen molar-refractivity contribution >= 4 is 23.5 Å². The first-order valence-electron chi connectivity index (χ1n) is 4.87. The number of ether oxygens (including phenoxy) is 1. The summed E-state index contributed by atoms with van der Waals surface area (Å²) in [7, 11) is 4.76. The first-order chi connectivity index (χ1) is 7.93. The highest BCUT2D eigenvalue weighted by atomic mass is 35.5. The predicted octanol–water partition coefficient (Wildman–Crippen LogP) is 0.422. The molecule has 0 saturated heterocycles. The molecule has 1 amide bonds. The molecule has 0 saturated carbocycles. The lowest BCUT2D eigenvalue weighted by atomic mass is 10.3. The first kappa shape index (κ1) is 13.4. The summed E-state index contributed by atoms with van der Waals surface area (Å²) in [6.45, 7) is 1.70. The fraction of sp³-hybridized carbons (Fsp3) is 0.556. The van der Waals surface area contributed by atoms with Crippen LogP contribution in [0.2, 0.25) is 5.28 Å². The van der Waals surface area contributed by atoms with Gasteiger partial charge >= 0.3 is 6.01 Å². The van der Waals surface area contributed by atoms with Gasteiger partial charge in [-0.25, -0.2) is 0 Å². The minimum Gasteiger partial charge on any atom is -0.467 e. The lowest BCUT2D eigenvalue weighted by Crippen LogP contribution is -2.37. The molecule has 0 fully saturated rings. The van der Waals surface area contributed by atoms with E-state index in [0.29, 0.717) is 0 Å². The summed E-state index contributed by atoms with van der Waals surface area (Å²) in [5, 5.41) is 2.82. The maximum absolute atomic E-state index is 11.6. The Hall–Kier alpha value is -1.63. The van der Waals surface area contributed by atoms with Gasteiger partial charge in [0.15, 0.2) is 0 Å². The number of hydrogen-bond donors (Lipinski definition) is 1. The Bertz CT molecular complexity index is 412. The van der Waals surface area contributed by atoms with Crippen molar-refractivity contribution in [3.8, 4) is 6.01 Å². The monoisotopic (exact) mass is 259 g/mol. The third kappa shape index (κ3) is 3.70. The van der Waals surface area contributed by atoms with E-state index >= 15 is 0 Å². The summed E-state index contributed by atoms with van der Waals surface area (Å²) in [4.78, 5) is 24.6. The SMILES string of the molecule is COc1nc(Cl)nc(NC(C)C(=O)N(C)C)n1. The molecule has 7 nitrogen and oxygen atoms in total. The molecule has 1 N–H and O–H groups in total. The van der Waals surface area contributed by atoms with E-state index in [2.05, 4.69) is 20.3 Å². The molecule has 1 rings (SSSR count). The van der Waals surface area contributed by atoms with Crippen molar-refractivity contribution in [2.24, 2.45) is 0 Å². The molecule has 0 aliphatic heterocycles. The van der Waals surface area contributed by atoms with Crippen LogP contribution >= 0.6 is 11.6 Å². The minimum atomic E-state index is -0.465. The normalized spacial score (nSPS) is 11.8. The van der Waals surface area contributed by atoms with Gasteiger partial charge in [0.2, 0.25) is 17.1 Å². The van der Waals surface area contributed by atoms with Crippen molar-refractivity contribution in [3.63, 3.8) is 0 Å². The van der Waals surface area contributed by atoms with Gasteiger partial charge in [0.05, 0.1) is 7.11 Å². The van der Waals surface area contributed by atoms with Crippen LogP contribution in [0, 0.1) is 0 Å². The highest BCUT2D eigenvalue weighted by Crippen LogP contribution is 2.11. The molecule has 1 atom stereocenters. The van der Waals surface area contributed by atoms with Crippen LogP contribution in [-0.4, -0.2) is 53.0 Å². The first-order valence-corrected chi connectivity index (χ1v) is 5.25. The van der Waals surface area contributed by atoms with E-state index in [4.69, 9.17) is 16.3 Å². The molecule has 1 aromatic heterocycles. The molecule has 0 spiro atoms. The number of hydrogen-bond acceptors (Lipinski definition) is 6. The van der Waals surface area contributed by atoms with Crippen LogP contribution in [0.3, 0.4) is 0 Å². The summed E-state index contributed by atoms with van der Waals surface area (Å²) in [5.41, 5.74) is 0. The number of amides is 1. The highest BCUT2D eigenvalue weighted by molar-refractivity contribution is 6.28. The summed E-state index contributed by atoms with van der Waals surface area (Å²) in [5.74, 6) is 0.102. The molecular weight excluding hydrogens is 246 g/mol. The lowest BCUT2D eigenvalue weighted by molar-refractivity contribution is -0.129. The van der Waals surface area contributed by atoms with E-state index in [1.807, 2.05) is 0 Å². The van der Waals surface area contributed by atoms with Crippen molar-refractivity contribution in [2.45, 2.75) is 13.0 Å². The maximum Gasteiger partial charge on any atom is 0.322 e. The standard InChI is InChI=1S/C9H14ClN5O2/c1-5(6(16)15(2)3)11-8-12-7(10)13-9(14-8)17-4/h5H,1-4H3,(H,11,12,13,14). The van der Waals surface area contributed by atoms with Gasteiger partial charge in [-0.05, 0) is 18.5 Å². The third-order valence-corrected chi connectivity index (χ3v) is 2.10. The second-order valence-electron chi connectivity index (χ2n) is 3.51. The van der Waals surface area contributed by atoms with Crippen LogP contribution in [-0.2, 0) is 4.79 Å². The van der Waals surface area contributed by atoms with Crippen LogP contribution in [0.5, 0.6) is 6.01 Å². The largest absolute Gasteiger partial charge is 0.467 e. The highest BCUT2D eigenvalue weighted by Gasteiger charge is 2.16. The smallest absolute Gasteiger partial charge is 0.322 e. The zero-order chi connectivity index (χ0) is 13.0. The van der Waals surface area contributed by atoms with Gasteiger partial charge in [-0.15, -0.1) is 0 Å². The van der Waals surface area contributed by atoms with Gasteiger partial charge in [-0.1, -0.05) is 0 Å². The molecule has 1 heterocycles. The molecule has 0 aliphatic rings. The van der Waals surface area contributed by atoms with Gasteiger partial charge in [0.1, 0.15) is 6.04 Å². The van der Waals surface area contributed by atoms with E-state index in [-0.39, 0.29) is 23.1 Å². The van der Waals surface area contributed by atoms with Crippen molar-refractivity contribution in [1.82, 2.24) is 19.9 Å². The van der Waals surface area contributed by atoms with E-state index in [0.717, 1.165) is 0 Å². The van der Waals surface area contributed by atoms with Crippen LogP contribution in [0.4, 0.5) is 5.95 Å². The quantitative estimate of drug-likeness (QED) is 0.844. The fourth-order valence-electron chi connectivity index (χ4n) is 1.13. The third-order valence-electron chi connectivity index (χ3n) is 1.93. The molecule has 1 aromatic rings. The summed E-state index contributed by atoms with van der Waals surface area (Å²) >= 11 is 5.68. The number of nitrogens with one attached hydrogen (secondary N) is 1. The summed E-state index contributed by atoms with van der Waals surface area (Å²) in [6, 6.07) is -0.370. The Morgan fingerprint density at radius 2 is 2.06 bits per heavy atom. The Morgan fingerprint density at radius 1 is 1.41 bits per heavy atom. The molecule has 94 valence electrons. The average molecular weight is 260 g/mol. The molecule has 8 heteroatoms. The number of carbonyl (C=O) groups is 1. The van der Waals surface area contributed by atoms with E-state index < -0.39 is 6.04 Å². The van der Waals surface area contributed by atoms with Gasteiger partial charge in [0, 0.05) is 14.1 Å². The second kappa shape index (κ2) is 5.62. The average Bonchev–Trinajstić information content (AvgIpc) is 2.26. The molecular formula is C9H14ClN5O2. The number of methoxy groups -OCH3 is 1. The minimum absolute atomic E-state index is 0.00357. The van der Waals surface area contributed by atoms with Gasteiger partial charge in [0.25, 0.3) is 0 Å². The Kier molecular flexibility index (Phi) is 4.45. The number of anilines is 1. The molecule has 0 radical (unpaired) electrons. The molecule has 17 heavy (non-hydrogen) atoms. The summed E-state index contributed by atoms with van der Waals surface area (Å²) < 4.78 is 4.84. The summed E-state index contributed by atoms with van der Waals surface area (Å²) in [6.07, 6.45) is 0. The number of rotatable bonds is 4. The number of nitrogens with zero attached hydrogens (tertiary/aromatic N) is 4. The number of halogens is 1. The van der Waals surface area contributed by atoms with Crippen molar-refractivity contribution < 1.29 is 9.53 Å². The molecule has 0 aliphatic carbocycles. The zero-order valence-electron chi connectivity index (χ0n) is 10.1. The second-order valence-corrected chi connectivity index (χ2v) is 3.85. The number of aromatic nitrogens is 3. The Balaban J connectivity index is 2.81. The number of likely N-dealkylation sites (N-methyl/N-ethyl adjacent to an activating group) is 1. The topological polar surface area (TPSA) is 80.2 Å². The van der Waals surface area contributed by atoms with E-state index in [1.165, 1.54) is 12.0 Å². The fourth-order valence-corrected chi connectivity index (χ4v) is 1.28. The maximum atomic E-state index is 11.6. The van der Waals surface area contributed by atoms with Crippen LogP contribution < -0.4 is 10.1 Å². The van der Waals surface area contributed by atoms with Crippen LogP contribution in [0.15, 0.2) is 0 Å². The number of carbonyl (C=O) groups excluding carboxylic acids is 1. The van der Waals surface area contributed by atoms with Crippen LogP contribution in [0.25, 0.3) is 0 Å². The Labute approximate surface area is 104 Å². The van der Waals surface area contributed by atoms with Gasteiger partial charge < -0.3 is 15.0 Å². The van der Waals surface area contributed by atoms with Crippen molar-refractivity contribution in [3.05, 3.63) is 5.28 Å². The van der Waals surface area contributed by atoms with Crippen molar-refractivity contribution in [2.75, 3.05) is 26.5 Å².